The Morgan fingerprint density at radius 2 is 1.44 bits per heavy atom. The second-order valence-electron chi connectivity index (χ2n) is 15.5. The van der Waals surface area contributed by atoms with E-state index in [9.17, 15) is 9.90 Å². The van der Waals surface area contributed by atoms with Crippen molar-refractivity contribution < 1.29 is 19.1 Å². The topological polar surface area (TPSA) is 68.6 Å². The summed E-state index contributed by atoms with van der Waals surface area (Å²) < 4.78 is 13.4. The average molecular weight is 695 g/mol. The molecule has 9 rings (SSSR count). The summed E-state index contributed by atoms with van der Waals surface area (Å²) in [6.45, 7) is 12.3. The highest BCUT2D eigenvalue weighted by Gasteiger charge is 2.44. The van der Waals surface area contributed by atoms with E-state index in [1.54, 1.807) is 0 Å². The molecule has 0 amide bonds. The molecule has 2 aromatic carbocycles. The molecule has 0 spiro atoms. The Morgan fingerprint density at radius 3 is 2.06 bits per heavy atom. The Labute approximate surface area is 307 Å². The van der Waals surface area contributed by atoms with Gasteiger partial charge in [0.2, 0.25) is 0 Å². The second kappa shape index (κ2) is 13.0. The Bertz CT molecular complexity index is 2160. The largest absolute Gasteiger partial charge is 0.506 e. The summed E-state index contributed by atoms with van der Waals surface area (Å²) in [5.41, 5.74) is 6.87. The van der Waals surface area contributed by atoms with Crippen LogP contribution in [0.5, 0.6) is 5.75 Å². The molecule has 5 aliphatic carbocycles. The Balaban J connectivity index is 1.11. The minimum Gasteiger partial charge on any atom is -0.506 e. The molecule has 6 heteroatoms. The standard InChI is InChI=1S/C46H48N2O4/c1-5-47(6-2)33-13-15-35-31(23-41(51-43(35)25-33)37-19-27-9-11-29(37)17-27)21-39-45(49)40(46(39)50)22-32-24-42(38-20-28-10-12-30(38)18-28)52-44-26-34(14-16-36(32)44)48(7-3)8-4/h9-16,21-30,37-38H,5-8,17-20H2,1-4H3/p+2. The molecular weight excluding hydrogens is 645 g/mol. The summed E-state index contributed by atoms with van der Waals surface area (Å²) in [4.78, 5) is 16.3. The summed E-state index contributed by atoms with van der Waals surface area (Å²) >= 11 is 0. The van der Waals surface area contributed by atoms with E-state index >= 15 is 0 Å². The van der Waals surface area contributed by atoms with E-state index in [1.807, 2.05) is 12.2 Å². The maximum absolute atomic E-state index is 11.6. The minimum absolute atomic E-state index is 0.105. The first-order valence-corrected chi connectivity index (χ1v) is 19.6. The first kappa shape index (κ1) is 33.0. The third kappa shape index (κ3) is 5.45. The zero-order valence-corrected chi connectivity index (χ0v) is 30.8. The molecule has 6 nitrogen and oxygen atoms in total. The van der Waals surface area contributed by atoms with Crippen LogP contribution in [-0.2, 0) is 0 Å². The van der Waals surface area contributed by atoms with Gasteiger partial charge in [-0.2, -0.15) is 0 Å². The van der Waals surface area contributed by atoms with E-state index in [4.69, 9.17) is 9.15 Å². The number of carbonyl (C=O) groups excluding carboxylic acids is 1. The van der Waals surface area contributed by atoms with Gasteiger partial charge < -0.3 is 19.6 Å². The van der Waals surface area contributed by atoms with Crippen LogP contribution in [-0.4, -0.2) is 41.9 Å². The highest BCUT2D eigenvalue weighted by atomic mass is 16.5. The maximum atomic E-state index is 11.6. The number of aliphatic hydroxyl groups is 1. The Morgan fingerprint density at radius 1 is 0.788 bits per heavy atom. The van der Waals surface area contributed by atoms with Crippen LogP contribution in [0.4, 0.5) is 11.4 Å². The van der Waals surface area contributed by atoms with E-state index in [0.717, 1.165) is 95.3 Å². The highest BCUT2D eigenvalue weighted by Crippen LogP contribution is 2.51. The first-order chi connectivity index (χ1) is 25.3. The van der Waals surface area contributed by atoms with E-state index in [1.165, 1.54) is 12.8 Å². The maximum Gasteiger partial charge on any atom is 0.362 e. The van der Waals surface area contributed by atoms with Gasteiger partial charge in [-0.25, -0.2) is 4.42 Å². The fourth-order valence-corrected chi connectivity index (χ4v) is 9.87. The second-order valence-corrected chi connectivity index (χ2v) is 15.5. The van der Waals surface area contributed by atoms with Crippen LogP contribution in [0, 0.1) is 29.6 Å². The Kier molecular flexibility index (Phi) is 8.24. The molecule has 2 N–H and O–H groups in total. The third-order valence-corrected chi connectivity index (χ3v) is 12.8. The van der Waals surface area contributed by atoms with Crippen molar-refractivity contribution in [2.24, 2.45) is 29.6 Å². The number of allylic oxidation sites excluding steroid dienone is 10. The van der Waals surface area contributed by atoms with Crippen LogP contribution in [0.1, 0.15) is 76.2 Å². The van der Waals surface area contributed by atoms with Crippen molar-refractivity contribution in [2.75, 3.05) is 36.0 Å². The minimum atomic E-state index is 0.105. The van der Waals surface area contributed by atoms with Gasteiger partial charge in [-0.15, -0.1) is 0 Å². The molecule has 0 radical (unpaired) electrons. The molecule has 2 fully saturated rings. The lowest BCUT2D eigenvalue weighted by atomic mass is 9.83. The predicted molar refractivity (Wildman–Crippen MR) is 212 cm³/mol. The molecule has 1 aliphatic heterocycles. The number of nitrogens with zero attached hydrogens (tertiary/aromatic N) is 2. The van der Waals surface area contributed by atoms with Crippen LogP contribution in [0.2, 0.25) is 0 Å². The van der Waals surface area contributed by atoms with E-state index in [-0.39, 0.29) is 11.5 Å². The lowest BCUT2D eigenvalue weighted by Crippen LogP contribution is -2.23. The van der Waals surface area contributed by atoms with Crippen molar-refractivity contribution in [1.82, 2.24) is 0 Å². The zero-order chi connectivity index (χ0) is 35.7. The average Bonchev–Trinajstić information content (AvgIpc) is 4.00. The molecule has 2 saturated carbocycles. The van der Waals surface area contributed by atoms with Crippen molar-refractivity contribution in [1.29, 1.82) is 0 Å². The number of aliphatic hydroxyl groups excluding tert-OH is 1. The number of fused-ring (bicyclic) bond motifs is 6. The van der Waals surface area contributed by atoms with Gasteiger partial charge >= 0.3 is 17.1 Å². The number of hydrogen-bond donors (Lipinski definition) is 1. The third-order valence-electron chi connectivity index (χ3n) is 12.8. The number of anilines is 2. The number of ketones is 1. The number of ether oxygens (including phenoxy) is 1. The van der Waals surface area contributed by atoms with Gasteiger partial charge in [0, 0.05) is 66.7 Å². The quantitative estimate of drug-likeness (QED) is 0.130. The van der Waals surface area contributed by atoms with Crippen LogP contribution in [0.15, 0.2) is 106 Å². The zero-order valence-electron chi connectivity index (χ0n) is 30.8. The van der Waals surface area contributed by atoms with Crippen molar-refractivity contribution in [2.45, 2.75) is 59.3 Å². The van der Waals surface area contributed by atoms with Crippen molar-refractivity contribution in [3.8, 4) is 5.75 Å². The summed E-state index contributed by atoms with van der Waals surface area (Å²) in [6, 6.07) is 15.0. The molecule has 3 aromatic rings. The van der Waals surface area contributed by atoms with Crippen LogP contribution >= 0.6 is 0 Å². The number of benzene rings is 2. The fourth-order valence-electron chi connectivity index (χ4n) is 9.87. The van der Waals surface area contributed by atoms with E-state index < -0.39 is 0 Å². The van der Waals surface area contributed by atoms with Crippen LogP contribution < -0.4 is 14.5 Å². The van der Waals surface area contributed by atoms with Gasteiger partial charge in [0.25, 0.3) is 0 Å². The normalized spacial score (nSPS) is 28.2. The van der Waals surface area contributed by atoms with Gasteiger partial charge in [0.15, 0.2) is 0 Å². The molecule has 1 aromatic heterocycles. The molecule has 6 atom stereocenters. The van der Waals surface area contributed by atoms with Gasteiger partial charge in [-0.1, -0.05) is 24.3 Å². The van der Waals surface area contributed by atoms with Gasteiger partial charge in [-0.3, -0.25) is 4.79 Å². The summed E-state index contributed by atoms with van der Waals surface area (Å²) in [5.74, 6) is 5.89. The molecule has 52 heavy (non-hydrogen) atoms. The SMILES string of the molecule is CCN(CC)c1ccc2c(c1)OC(C1CC3C=CC1C3)=CC2=CC1=C(O)C(=Cc2cc(C3CC4C=CC3C4)[o+]c3cc(N(CC)CC)ccc23)C1=[OH+]. The van der Waals surface area contributed by atoms with Crippen molar-refractivity contribution in [3.63, 3.8) is 0 Å². The number of rotatable bonds is 10. The van der Waals surface area contributed by atoms with Crippen LogP contribution in [0.3, 0.4) is 0 Å². The summed E-state index contributed by atoms with van der Waals surface area (Å²) in [7, 11) is 0. The van der Waals surface area contributed by atoms with E-state index in [2.05, 4.69) is 110 Å². The fraction of sp³-hybridized carbons (Fsp3) is 0.391. The Hall–Kier alpha value is -4.84. The molecule has 0 saturated heterocycles. The first-order valence-electron chi connectivity index (χ1n) is 19.6. The van der Waals surface area contributed by atoms with Gasteiger partial charge in [-0.05, 0) is 125 Å². The number of hydrogen-bond acceptors (Lipinski definition) is 4. The summed E-state index contributed by atoms with van der Waals surface area (Å²) in [5, 5.41) is 12.6. The van der Waals surface area contributed by atoms with Crippen molar-refractivity contribution >= 4 is 39.8 Å². The van der Waals surface area contributed by atoms with Crippen molar-refractivity contribution in [3.05, 3.63) is 118 Å². The summed E-state index contributed by atoms with van der Waals surface area (Å²) in [6.07, 6.45) is 20.0. The molecule has 6 unspecified atom stereocenters. The lowest BCUT2D eigenvalue weighted by Gasteiger charge is -2.29. The van der Waals surface area contributed by atoms with E-state index in [0.29, 0.717) is 46.7 Å². The predicted octanol–water partition coefficient (Wildman–Crippen LogP) is 10.4. The monoisotopic (exact) mass is 694 g/mol. The van der Waals surface area contributed by atoms with Gasteiger partial charge in [0.1, 0.15) is 28.4 Å². The molecule has 6 aliphatic rings. The molecule has 266 valence electrons. The molecular formula is C46H50N2O4+2. The molecule has 2 heterocycles. The van der Waals surface area contributed by atoms with Crippen LogP contribution in [0.25, 0.3) is 22.6 Å². The smallest absolute Gasteiger partial charge is 0.362 e. The lowest BCUT2D eigenvalue weighted by molar-refractivity contribution is 0.316. The van der Waals surface area contributed by atoms with Gasteiger partial charge in [0.05, 0.1) is 17.4 Å². The highest BCUT2D eigenvalue weighted by molar-refractivity contribution is 6.25. The molecule has 4 bridgehead atoms.